The van der Waals surface area contributed by atoms with Crippen LogP contribution in [0.1, 0.15) is 55.9 Å². The zero-order chi connectivity index (χ0) is 21.1. The summed E-state index contributed by atoms with van der Waals surface area (Å²) in [5, 5.41) is 13.9. The number of aliphatic hydroxyl groups is 1. The summed E-state index contributed by atoms with van der Waals surface area (Å²) in [6, 6.07) is 7.24. The van der Waals surface area contributed by atoms with Crippen molar-refractivity contribution in [1.82, 2.24) is 15.3 Å². The maximum atomic E-state index is 12.7. The van der Waals surface area contributed by atoms with Crippen LogP contribution in [0.5, 0.6) is 5.88 Å². The second-order valence-electron chi connectivity index (χ2n) is 8.69. The van der Waals surface area contributed by atoms with Gasteiger partial charge in [0.2, 0.25) is 5.88 Å². The molecule has 1 aromatic heterocycles. The van der Waals surface area contributed by atoms with E-state index in [1.54, 1.807) is 19.1 Å². The molecule has 1 heterocycles. The number of carbonyl (C=O) groups is 1. The number of hydrogen-bond donors (Lipinski definition) is 2. The average molecular weight is 430 g/mol. The molecule has 2 saturated carbocycles. The van der Waals surface area contributed by atoms with E-state index in [2.05, 4.69) is 15.3 Å². The zero-order valence-electron chi connectivity index (χ0n) is 17.2. The SMILES string of the molecule is CC(O)(CNC(=O)c1cnc(OCC2CCCC2)c(-c2ccc(Cl)cc2)n1)C1CC1. The van der Waals surface area contributed by atoms with E-state index in [-0.39, 0.29) is 24.1 Å². The van der Waals surface area contributed by atoms with Gasteiger partial charge in [-0.05, 0) is 56.6 Å². The third-order valence-electron chi connectivity index (χ3n) is 6.08. The van der Waals surface area contributed by atoms with Gasteiger partial charge in [0.05, 0.1) is 18.4 Å². The van der Waals surface area contributed by atoms with Crippen molar-refractivity contribution in [2.75, 3.05) is 13.2 Å². The Bertz CT molecular complexity index is 891. The van der Waals surface area contributed by atoms with Crippen molar-refractivity contribution in [3.63, 3.8) is 0 Å². The molecule has 1 aromatic carbocycles. The van der Waals surface area contributed by atoms with Crippen molar-refractivity contribution in [3.8, 4) is 17.1 Å². The fourth-order valence-electron chi connectivity index (χ4n) is 3.96. The highest BCUT2D eigenvalue weighted by Gasteiger charge is 2.40. The van der Waals surface area contributed by atoms with Gasteiger partial charge < -0.3 is 15.2 Å². The van der Waals surface area contributed by atoms with Gasteiger partial charge in [0.25, 0.3) is 5.91 Å². The molecule has 6 nitrogen and oxygen atoms in total. The molecule has 0 radical (unpaired) electrons. The lowest BCUT2D eigenvalue weighted by Gasteiger charge is -2.23. The van der Waals surface area contributed by atoms with E-state index in [4.69, 9.17) is 16.3 Å². The molecule has 0 bridgehead atoms. The largest absolute Gasteiger partial charge is 0.476 e. The van der Waals surface area contributed by atoms with E-state index in [0.717, 1.165) is 18.4 Å². The van der Waals surface area contributed by atoms with E-state index in [9.17, 15) is 9.90 Å². The molecule has 0 aliphatic heterocycles. The second-order valence-corrected chi connectivity index (χ2v) is 9.13. The first kappa shape index (κ1) is 21.1. The normalized spacial score (nSPS) is 18.8. The monoisotopic (exact) mass is 429 g/mol. The van der Waals surface area contributed by atoms with E-state index in [1.165, 1.54) is 31.9 Å². The third kappa shape index (κ3) is 5.10. The van der Waals surface area contributed by atoms with Gasteiger partial charge in [-0.25, -0.2) is 9.97 Å². The first-order valence-electron chi connectivity index (χ1n) is 10.7. The van der Waals surface area contributed by atoms with Crippen LogP contribution < -0.4 is 10.1 Å². The smallest absolute Gasteiger partial charge is 0.271 e. The second kappa shape index (κ2) is 8.90. The lowest BCUT2D eigenvalue weighted by molar-refractivity contribution is 0.0353. The number of nitrogens with zero attached hydrogens (tertiary/aromatic N) is 2. The van der Waals surface area contributed by atoms with Gasteiger partial charge in [-0.1, -0.05) is 36.6 Å². The lowest BCUT2D eigenvalue weighted by Crippen LogP contribution is -2.42. The Morgan fingerprint density at radius 2 is 1.93 bits per heavy atom. The molecule has 160 valence electrons. The van der Waals surface area contributed by atoms with Crippen LogP contribution in [0.25, 0.3) is 11.3 Å². The summed E-state index contributed by atoms with van der Waals surface area (Å²) in [6.07, 6.45) is 8.26. The molecule has 1 atom stereocenters. The maximum Gasteiger partial charge on any atom is 0.271 e. The molecule has 4 rings (SSSR count). The molecule has 2 N–H and O–H groups in total. The van der Waals surface area contributed by atoms with Crippen molar-refractivity contribution in [2.24, 2.45) is 11.8 Å². The standard InChI is InChI=1S/C23H28ClN3O3/c1-23(29,17-8-9-17)14-26-21(28)19-12-25-22(30-13-15-4-2-3-5-15)20(27-19)16-6-10-18(24)11-7-16/h6-7,10-12,15,17,29H,2-5,8-9,13-14H2,1H3,(H,26,28). The molecule has 2 fully saturated rings. The number of aromatic nitrogens is 2. The molecule has 2 aromatic rings. The summed E-state index contributed by atoms with van der Waals surface area (Å²) < 4.78 is 6.02. The van der Waals surface area contributed by atoms with Crippen LogP contribution in [0.3, 0.4) is 0 Å². The third-order valence-corrected chi connectivity index (χ3v) is 6.34. The molecule has 2 aliphatic rings. The Morgan fingerprint density at radius 1 is 1.23 bits per heavy atom. The van der Waals surface area contributed by atoms with Crippen molar-refractivity contribution in [1.29, 1.82) is 0 Å². The number of amides is 1. The van der Waals surface area contributed by atoms with Crippen LogP contribution in [-0.4, -0.2) is 39.7 Å². The van der Waals surface area contributed by atoms with Crippen LogP contribution >= 0.6 is 11.6 Å². The minimum atomic E-state index is -0.896. The Labute approximate surface area is 182 Å². The van der Waals surface area contributed by atoms with Gasteiger partial charge in [-0.15, -0.1) is 0 Å². The highest BCUT2D eigenvalue weighted by molar-refractivity contribution is 6.30. The van der Waals surface area contributed by atoms with Gasteiger partial charge in [-0.3, -0.25) is 4.79 Å². The number of rotatable bonds is 8. The summed E-state index contributed by atoms with van der Waals surface area (Å²) >= 11 is 6.03. The molecule has 2 aliphatic carbocycles. The predicted octanol–water partition coefficient (Wildman–Crippen LogP) is 4.26. The first-order valence-corrected chi connectivity index (χ1v) is 11.1. The van der Waals surface area contributed by atoms with E-state index in [0.29, 0.717) is 29.1 Å². The molecule has 30 heavy (non-hydrogen) atoms. The maximum absolute atomic E-state index is 12.7. The van der Waals surface area contributed by atoms with Crippen molar-refractivity contribution in [3.05, 3.63) is 41.2 Å². The van der Waals surface area contributed by atoms with E-state index < -0.39 is 5.60 Å². The fraction of sp³-hybridized carbons (Fsp3) is 0.522. The summed E-state index contributed by atoms with van der Waals surface area (Å²) in [4.78, 5) is 21.6. The zero-order valence-corrected chi connectivity index (χ0v) is 18.0. The predicted molar refractivity (Wildman–Crippen MR) is 116 cm³/mol. The number of nitrogens with one attached hydrogen (secondary N) is 1. The summed E-state index contributed by atoms with van der Waals surface area (Å²) in [6.45, 7) is 2.55. The highest BCUT2D eigenvalue weighted by Crippen LogP contribution is 2.39. The van der Waals surface area contributed by atoms with Crippen LogP contribution in [0.4, 0.5) is 0 Å². The molecule has 7 heteroatoms. The Morgan fingerprint density at radius 3 is 2.60 bits per heavy atom. The molecule has 1 amide bonds. The van der Waals surface area contributed by atoms with Gasteiger partial charge in [0, 0.05) is 17.1 Å². The Hall–Kier alpha value is -2.18. The molecule has 0 saturated heterocycles. The minimum absolute atomic E-state index is 0.189. The van der Waals surface area contributed by atoms with Crippen LogP contribution in [0.15, 0.2) is 30.5 Å². The Kier molecular flexibility index (Phi) is 6.25. The molecular weight excluding hydrogens is 402 g/mol. The first-order chi connectivity index (χ1) is 14.4. The molecule has 1 unspecified atom stereocenters. The summed E-state index contributed by atoms with van der Waals surface area (Å²) in [7, 11) is 0. The summed E-state index contributed by atoms with van der Waals surface area (Å²) in [5.74, 6) is 0.851. The summed E-state index contributed by atoms with van der Waals surface area (Å²) in [5.41, 5.74) is 0.603. The van der Waals surface area contributed by atoms with Crippen molar-refractivity contribution < 1.29 is 14.6 Å². The topological polar surface area (TPSA) is 84.3 Å². The molecule has 0 spiro atoms. The Balaban J connectivity index is 1.53. The van der Waals surface area contributed by atoms with Crippen LogP contribution in [0, 0.1) is 11.8 Å². The van der Waals surface area contributed by atoms with Crippen LogP contribution in [0.2, 0.25) is 5.02 Å². The minimum Gasteiger partial charge on any atom is -0.476 e. The van der Waals surface area contributed by atoms with Crippen LogP contribution in [-0.2, 0) is 0 Å². The lowest BCUT2D eigenvalue weighted by atomic mass is 10.0. The molecular formula is C23H28ClN3O3. The quantitative estimate of drug-likeness (QED) is 0.655. The number of ether oxygens (including phenoxy) is 1. The number of carbonyl (C=O) groups excluding carboxylic acids is 1. The average Bonchev–Trinajstić information content (AvgIpc) is 3.49. The van der Waals surface area contributed by atoms with Gasteiger partial charge in [0.15, 0.2) is 0 Å². The van der Waals surface area contributed by atoms with E-state index in [1.807, 2.05) is 12.1 Å². The number of halogens is 1. The van der Waals surface area contributed by atoms with E-state index >= 15 is 0 Å². The fourth-order valence-corrected chi connectivity index (χ4v) is 4.09. The van der Waals surface area contributed by atoms with Crippen molar-refractivity contribution in [2.45, 2.75) is 51.0 Å². The highest BCUT2D eigenvalue weighted by atomic mass is 35.5. The van der Waals surface area contributed by atoms with Crippen molar-refractivity contribution >= 4 is 17.5 Å². The number of benzene rings is 1. The number of hydrogen-bond acceptors (Lipinski definition) is 5. The van der Waals surface area contributed by atoms with Gasteiger partial charge >= 0.3 is 0 Å². The van der Waals surface area contributed by atoms with Gasteiger partial charge in [-0.2, -0.15) is 0 Å². The van der Waals surface area contributed by atoms with Gasteiger partial charge in [0.1, 0.15) is 11.4 Å².